The molecule has 9 nitrogen and oxygen atoms in total. The summed E-state index contributed by atoms with van der Waals surface area (Å²) in [6.45, 7) is 1.55. The van der Waals surface area contributed by atoms with Crippen LogP contribution in [0.4, 0.5) is 10.1 Å². The number of nitrogens with zero attached hydrogens (tertiary/aromatic N) is 3. The molecular weight excluding hydrogens is 417 g/mol. The Morgan fingerprint density at radius 2 is 1.83 bits per heavy atom. The number of aryl methyl sites for hydroxylation is 1. The van der Waals surface area contributed by atoms with Crippen molar-refractivity contribution in [2.24, 2.45) is 0 Å². The van der Waals surface area contributed by atoms with Crippen molar-refractivity contribution in [2.45, 2.75) is 11.8 Å². The van der Waals surface area contributed by atoms with Crippen LogP contribution in [-0.2, 0) is 14.8 Å². The fourth-order valence-electron chi connectivity index (χ4n) is 3.09. The second kappa shape index (κ2) is 8.76. The van der Waals surface area contributed by atoms with Gasteiger partial charge in [0.05, 0.1) is 4.92 Å². The van der Waals surface area contributed by atoms with E-state index in [0.29, 0.717) is 0 Å². The number of halogens is 1. The number of carbonyl (C=O) groups excluding carboxylic acids is 1. The van der Waals surface area contributed by atoms with E-state index < -0.39 is 38.2 Å². The molecule has 2 aromatic rings. The van der Waals surface area contributed by atoms with Crippen LogP contribution in [0.1, 0.15) is 5.56 Å². The van der Waals surface area contributed by atoms with E-state index in [4.69, 9.17) is 4.74 Å². The third-order valence-corrected chi connectivity index (χ3v) is 6.64. The predicted molar refractivity (Wildman–Crippen MR) is 105 cm³/mol. The first kappa shape index (κ1) is 21.7. The summed E-state index contributed by atoms with van der Waals surface area (Å²) >= 11 is 0. The average molecular weight is 437 g/mol. The van der Waals surface area contributed by atoms with Crippen molar-refractivity contribution in [3.63, 3.8) is 0 Å². The molecule has 1 heterocycles. The summed E-state index contributed by atoms with van der Waals surface area (Å²) in [4.78, 5) is 23.9. The monoisotopic (exact) mass is 437 g/mol. The first-order valence-corrected chi connectivity index (χ1v) is 10.5. The first-order chi connectivity index (χ1) is 14.2. The normalized spacial score (nSPS) is 15.1. The van der Waals surface area contributed by atoms with Crippen molar-refractivity contribution in [1.82, 2.24) is 9.21 Å². The lowest BCUT2D eigenvalue weighted by Gasteiger charge is -2.34. The number of amides is 1. The van der Waals surface area contributed by atoms with E-state index in [1.54, 1.807) is 13.0 Å². The molecule has 1 amide bonds. The van der Waals surface area contributed by atoms with Gasteiger partial charge in [-0.15, -0.1) is 0 Å². The van der Waals surface area contributed by atoms with E-state index in [9.17, 15) is 27.7 Å². The largest absolute Gasteiger partial charge is 0.477 e. The number of ether oxygens (including phenoxy) is 1. The molecule has 11 heteroatoms. The van der Waals surface area contributed by atoms with Crippen LogP contribution in [0.25, 0.3) is 0 Å². The van der Waals surface area contributed by atoms with Gasteiger partial charge in [-0.25, -0.2) is 12.8 Å². The third-order valence-electron chi connectivity index (χ3n) is 4.71. The lowest BCUT2D eigenvalue weighted by atomic mass is 10.2. The number of nitro groups is 1. The fourth-order valence-corrected chi connectivity index (χ4v) is 4.58. The summed E-state index contributed by atoms with van der Waals surface area (Å²) < 4.78 is 45.6. The van der Waals surface area contributed by atoms with Crippen LogP contribution >= 0.6 is 0 Å². The molecule has 1 saturated heterocycles. The van der Waals surface area contributed by atoms with Crippen molar-refractivity contribution in [2.75, 3.05) is 32.8 Å². The number of hydrogen-bond donors (Lipinski definition) is 0. The smallest absolute Gasteiger partial charge is 0.310 e. The van der Waals surface area contributed by atoms with E-state index in [0.717, 1.165) is 15.9 Å². The first-order valence-electron chi connectivity index (χ1n) is 9.10. The lowest BCUT2D eigenvalue weighted by Crippen LogP contribution is -2.51. The maximum absolute atomic E-state index is 13.9. The van der Waals surface area contributed by atoms with Gasteiger partial charge in [0, 0.05) is 32.2 Å². The topological polar surface area (TPSA) is 110 Å². The Labute approximate surface area is 172 Å². The van der Waals surface area contributed by atoms with E-state index >= 15 is 0 Å². The van der Waals surface area contributed by atoms with Gasteiger partial charge < -0.3 is 9.64 Å². The number of benzene rings is 2. The molecule has 0 atom stereocenters. The molecule has 1 aliphatic heterocycles. The Morgan fingerprint density at radius 1 is 1.17 bits per heavy atom. The van der Waals surface area contributed by atoms with Crippen LogP contribution in [0, 0.1) is 22.9 Å². The molecule has 30 heavy (non-hydrogen) atoms. The van der Waals surface area contributed by atoms with E-state index in [1.165, 1.54) is 35.2 Å². The van der Waals surface area contributed by atoms with Gasteiger partial charge in [-0.3, -0.25) is 14.9 Å². The van der Waals surface area contributed by atoms with Gasteiger partial charge in [0.15, 0.2) is 12.4 Å². The van der Waals surface area contributed by atoms with Crippen LogP contribution in [-0.4, -0.2) is 61.2 Å². The summed E-state index contributed by atoms with van der Waals surface area (Å²) in [5.74, 6) is -1.26. The highest BCUT2D eigenvalue weighted by molar-refractivity contribution is 7.89. The molecule has 0 bridgehead atoms. The molecule has 0 spiro atoms. The number of nitro benzene ring substituents is 1. The Kier molecular flexibility index (Phi) is 6.32. The van der Waals surface area contributed by atoms with Crippen molar-refractivity contribution < 1.29 is 27.3 Å². The second-order valence-corrected chi connectivity index (χ2v) is 8.64. The summed E-state index contributed by atoms with van der Waals surface area (Å²) in [5.41, 5.74) is 0.504. The zero-order chi connectivity index (χ0) is 21.9. The zero-order valence-corrected chi connectivity index (χ0v) is 17.0. The molecule has 0 aliphatic carbocycles. The Hall–Kier alpha value is -3.05. The summed E-state index contributed by atoms with van der Waals surface area (Å²) in [6, 6.07) is 9.48. The Morgan fingerprint density at radius 3 is 2.47 bits per heavy atom. The number of carbonyl (C=O) groups is 1. The molecule has 0 radical (unpaired) electrons. The molecular formula is C19H20FN3O6S. The van der Waals surface area contributed by atoms with E-state index in [2.05, 4.69) is 0 Å². The minimum Gasteiger partial charge on any atom is -0.477 e. The third kappa shape index (κ3) is 4.57. The van der Waals surface area contributed by atoms with Crippen LogP contribution in [0.2, 0.25) is 0 Å². The molecule has 1 aliphatic rings. The molecule has 160 valence electrons. The number of piperazine rings is 1. The maximum atomic E-state index is 13.9. The van der Waals surface area contributed by atoms with Crippen LogP contribution in [0.5, 0.6) is 5.75 Å². The van der Waals surface area contributed by atoms with Crippen molar-refractivity contribution >= 4 is 21.6 Å². The fraction of sp³-hybridized carbons (Fsp3) is 0.316. The summed E-state index contributed by atoms with van der Waals surface area (Å²) in [5, 5.41) is 11.1. The van der Waals surface area contributed by atoms with Gasteiger partial charge in [0.25, 0.3) is 5.91 Å². The number of hydrogen-bond acceptors (Lipinski definition) is 6. The summed E-state index contributed by atoms with van der Waals surface area (Å²) in [7, 11) is -4.00. The highest BCUT2D eigenvalue weighted by atomic mass is 32.2. The number of sulfonamides is 1. The van der Waals surface area contributed by atoms with Gasteiger partial charge in [-0.1, -0.05) is 18.2 Å². The van der Waals surface area contributed by atoms with Crippen LogP contribution < -0.4 is 4.74 Å². The SMILES string of the molecule is Cc1ccc([N+](=O)[O-])c(OCC(=O)N2CCN(S(=O)(=O)c3ccccc3F)CC2)c1. The van der Waals surface area contributed by atoms with Crippen molar-refractivity contribution in [3.8, 4) is 5.75 Å². The molecule has 1 fully saturated rings. The van der Waals surface area contributed by atoms with Gasteiger partial charge in [0.2, 0.25) is 10.0 Å². The van der Waals surface area contributed by atoms with Gasteiger partial charge >= 0.3 is 5.69 Å². The molecule has 0 saturated carbocycles. The Bertz CT molecular complexity index is 1070. The Balaban J connectivity index is 1.61. The molecule has 2 aromatic carbocycles. The van der Waals surface area contributed by atoms with E-state index in [-0.39, 0.29) is 37.6 Å². The highest BCUT2D eigenvalue weighted by Crippen LogP contribution is 2.28. The standard InChI is InChI=1S/C19H20FN3O6S/c1-14-6-7-16(23(25)26)17(12-14)29-13-19(24)21-8-10-22(11-9-21)30(27,28)18-5-3-2-4-15(18)20/h2-7,12H,8-11,13H2,1H3. The maximum Gasteiger partial charge on any atom is 0.310 e. The van der Waals surface area contributed by atoms with Crippen LogP contribution in [0.15, 0.2) is 47.4 Å². The van der Waals surface area contributed by atoms with Crippen molar-refractivity contribution in [1.29, 1.82) is 0 Å². The second-order valence-electron chi connectivity index (χ2n) is 6.73. The molecule has 0 aromatic heterocycles. The van der Waals surface area contributed by atoms with Gasteiger partial charge in [-0.05, 0) is 30.7 Å². The minimum atomic E-state index is -4.00. The van der Waals surface area contributed by atoms with Crippen molar-refractivity contribution in [3.05, 3.63) is 64.0 Å². The predicted octanol–water partition coefficient (Wildman–Crippen LogP) is 1.95. The molecule has 0 N–H and O–H groups in total. The average Bonchev–Trinajstić information content (AvgIpc) is 2.72. The zero-order valence-electron chi connectivity index (χ0n) is 16.2. The van der Waals surface area contributed by atoms with Crippen LogP contribution in [0.3, 0.4) is 0 Å². The lowest BCUT2D eigenvalue weighted by molar-refractivity contribution is -0.385. The summed E-state index contributed by atoms with van der Waals surface area (Å²) in [6.07, 6.45) is 0. The van der Waals surface area contributed by atoms with Gasteiger partial charge in [0.1, 0.15) is 10.7 Å². The highest BCUT2D eigenvalue weighted by Gasteiger charge is 2.32. The molecule has 3 rings (SSSR count). The quantitative estimate of drug-likeness (QED) is 0.505. The van der Waals surface area contributed by atoms with E-state index in [1.807, 2.05) is 0 Å². The number of rotatable bonds is 6. The molecule has 0 unspecified atom stereocenters. The minimum absolute atomic E-state index is 0.00545. The van der Waals surface area contributed by atoms with Gasteiger partial charge in [-0.2, -0.15) is 4.31 Å².